The van der Waals surface area contributed by atoms with E-state index in [2.05, 4.69) is 5.32 Å². The zero-order valence-electron chi connectivity index (χ0n) is 19.1. The van der Waals surface area contributed by atoms with Crippen LogP contribution >= 0.6 is 23.4 Å². The Labute approximate surface area is 211 Å². The van der Waals surface area contributed by atoms with E-state index in [4.69, 9.17) is 16.0 Å². The van der Waals surface area contributed by atoms with Crippen LogP contribution in [0.25, 0.3) is 11.0 Å². The van der Waals surface area contributed by atoms with Crippen molar-refractivity contribution in [1.82, 2.24) is 5.32 Å². The lowest BCUT2D eigenvalue weighted by Gasteiger charge is -2.38. The van der Waals surface area contributed by atoms with Crippen LogP contribution in [0.15, 0.2) is 76.0 Å². The number of carbonyl (C=O) groups is 2. The van der Waals surface area contributed by atoms with Gasteiger partial charge in [0.15, 0.2) is 0 Å². The summed E-state index contributed by atoms with van der Waals surface area (Å²) in [6.07, 6.45) is 0. The van der Waals surface area contributed by atoms with Crippen molar-refractivity contribution in [3.8, 4) is 0 Å². The molecule has 1 aliphatic rings. The van der Waals surface area contributed by atoms with Gasteiger partial charge < -0.3 is 14.6 Å². The quantitative estimate of drug-likeness (QED) is 0.331. The van der Waals surface area contributed by atoms with Crippen LogP contribution in [0.5, 0.6) is 0 Å². The lowest BCUT2D eigenvalue weighted by atomic mass is 10.1. The number of hydrogen-bond donors (Lipinski definition) is 1. The third-order valence-electron chi connectivity index (χ3n) is 5.91. The highest BCUT2D eigenvalue weighted by Gasteiger charge is 2.40. The molecule has 5 nitrogen and oxygen atoms in total. The molecule has 8 heteroatoms. The molecule has 0 radical (unpaired) electrons. The van der Waals surface area contributed by atoms with E-state index in [1.807, 2.05) is 50.2 Å². The Morgan fingerprint density at radius 2 is 1.91 bits per heavy atom. The van der Waals surface area contributed by atoms with Gasteiger partial charge in [-0.05, 0) is 56.3 Å². The van der Waals surface area contributed by atoms with E-state index >= 15 is 0 Å². The van der Waals surface area contributed by atoms with Crippen LogP contribution in [0.3, 0.4) is 0 Å². The number of carbonyl (C=O) groups excluding carboxylic acids is 2. The van der Waals surface area contributed by atoms with Crippen molar-refractivity contribution in [2.24, 2.45) is 0 Å². The molecule has 0 atom stereocenters. The molecule has 35 heavy (non-hydrogen) atoms. The second-order valence-corrected chi connectivity index (χ2v) is 10.9. The second-order valence-electron chi connectivity index (χ2n) is 8.82. The second kappa shape index (κ2) is 9.06. The van der Waals surface area contributed by atoms with E-state index in [0.717, 1.165) is 15.9 Å². The lowest BCUT2D eigenvalue weighted by molar-refractivity contribution is -0.120. The van der Waals surface area contributed by atoms with Crippen LogP contribution in [-0.2, 0) is 17.9 Å². The summed E-state index contributed by atoms with van der Waals surface area (Å²) in [4.78, 5) is 28.6. The molecule has 2 amide bonds. The molecular weight excluding hydrogens is 487 g/mol. The summed E-state index contributed by atoms with van der Waals surface area (Å²) in [6, 6.07) is 19.2. The van der Waals surface area contributed by atoms with Gasteiger partial charge >= 0.3 is 0 Å². The standard InChI is InChI=1S/C27H22ClFN2O3S/c1-27(2)26(33)31(15-19-20(28)7-5-8-21(19)29)22-13-17(10-11-24(22)35-27)25(32)30-14-18-12-16-6-3-4-9-23(16)34-18/h3-13H,14-15H2,1-2H3,(H,30,32). The Kier molecular flexibility index (Phi) is 6.07. The van der Waals surface area contributed by atoms with Crippen LogP contribution in [0, 0.1) is 5.82 Å². The maximum absolute atomic E-state index is 14.5. The van der Waals surface area contributed by atoms with Crippen molar-refractivity contribution in [3.05, 3.63) is 94.5 Å². The molecule has 0 saturated heterocycles. The maximum atomic E-state index is 14.5. The predicted molar refractivity (Wildman–Crippen MR) is 136 cm³/mol. The van der Waals surface area contributed by atoms with Gasteiger partial charge in [-0.25, -0.2) is 4.39 Å². The number of thioether (sulfide) groups is 1. The van der Waals surface area contributed by atoms with Gasteiger partial charge in [0.1, 0.15) is 17.2 Å². The molecule has 2 heterocycles. The Morgan fingerprint density at radius 3 is 2.69 bits per heavy atom. The molecule has 0 unspecified atom stereocenters. The van der Waals surface area contributed by atoms with Crippen molar-refractivity contribution in [1.29, 1.82) is 0 Å². The first-order valence-corrected chi connectivity index (χ1v) is 12.3. The average Bonchev–Trinajstić information content (AvgIpc) is 3.25. The Balaban J connectivity index is 1.42. The summed E-state index contributed by atoms with van der Waals surface area (Å²) in [5.74, 6) is -0.336. The Morgan fingerprint density at radius 1 is 1.11 bits per heavy atom. The number of furan rings is 1. The van der Waals surface area contributed by atoms with Crippen molar-refractivity contribution in [3.63, 3.8) is 0 Å². The fourth-order valence-corrected chi connectivity index (χ4v) is 5.48. The first-order valence-electron chi connectivity index (χ1n) is 11.1. The normalized spacial score (nSPS) is 14.7. The zero-order chi connectivity index (χ0) is 24.7. The fourth-order valence-electron chi connectivity index (χ4n) is 4.10. The third kappa shape index (κ3) is 4.54. The van der Waals surface area contributed by atoms with Crippen molar-refractivity contribution >= 4 is 51.8 Å². The summed E-state index contributed by atoms with van der Waals surface area (Å²) in [6.45, 7) is 3.84. The largest absolute Gasteiger partial charge is 0.459 e. The molecule has 0 spiro atoms. The van der Waals surface area contributed by atoms with Gasteiger partial charge in [-0.15, -0.1) is 11.8 Å². The first kappa shape index (κ1) is 23.5. The van der Waals surface area contributed by atoms with Gasteiger partial charge in [-0.2, -0.15) is 0 Å². The molecule has 5 rings (SSSR count). The third-order valence-corrected chi connectivity index (χ3v) is 7.52. The molecule has 1 N–H and O–H groups in total. The Bertz CT molecular complexity index is 1410. The molecule has 178 valence electrons. The van der Waals surface area contributed by atoms with Crippen LogP contribution < -0.4 is 10.2 Å². The average molecular weight is 509 g/mol. The SMILES string of the molecule is CC1(C)Sc2ccc(C(=O)NCc3cc4ccccc4o3)cc2N(Cc2c(F)cccc2Cl)C1=O. The van der Waals surface area contributed by atoms with E-state index in [1.54, 1.807) is 18.2 Å². The monoisotopic (exact) mass is 508 g/mol. The summed E-state index contributed by atoms with van der Waals surface area (Å²) in [5.41, 5.74) is 1.93. The van der Waals surface area contributed by atoms with Gasteiger partial charge in [-0.3, -0.25) is 9.59 Å². The molecule has 1 aliphatic heterocycles. The van der Waals surface area contributed by atoms with Gasteiger partial charge in [-0.1, -0.05) is 35.9 Å². The molecule has 0 aliphatic carbocycles. The predicted octanol–water partition coefficient (Wildman–Crippen LogP) is 6.57. The molecule has 0 bridgehead atoms. The number of nitrogens with zero attached hydrogens (tertiary/aromatic N) is 1. The number of halogens is 2. The number of benzene rings is 3. The minimum Gasteiger partial charge on any atom is -0.459 e. The molecule has 4 aromatic rings. The molecule has 1 aromatic heterocycles. The maximum Gasteiger partial charge on any atom is 0.251 e. The highest BCUT2D eigenvalue weighted by atomic mass is 35.5. The summed E-state index contributed by atoms with van der Waals surface area (Å²) in [5, 5.41) is 4.08. The van der Waals surface area contributed by atoms with Gasteiger partial charge in [0, 0.05) is 26.4 Å². The zero-order valence-corrected chi connectivity index (χ0v) is 20.7. The highest BCUT2D eigenvalue weighted by Crippen LogP contribution is 2.46. The topological polar surface area (TPSA) is 62.6 Å². The number of anilines is 1. The van der Waals surface area contributed by atoms with Gasteiger partial charge in [0.05, 0.1) is 23.5 Å². The number of fused-ring (bicyclic) bond motifs is 2. The summed E-state index contributed by atoms with van der Waals surface area (Å²) in [7, 11) is 0. The van der Waals surface area contributed by atoms with E-state index in [1.165, 1.54) is 28.8 Å². The highest BCUT2D eigenvalue weighted by molar-refractivity contribution is 8.01. The van der Waals surface area contributed by atoms with E-state index in [-0.39, 0.29) is 35.5 Å². The van der Waals surface area contributed by atoms with Crippen LogP contribution in [-0.4, -0.2) is 16.6 Å². The van der Waals surface area contributed by atoms with Crippen molar-refractivity contribution in [2.45, 2.75) is 36.6 Å². The fraction of sp³-hybridized carbons (Fsp3) is 0.185. The molecule has 0 saturated carbocycles. The van der Waals surface area contributed by atoms with E-state index < -0.39 is 10.6 Å². The van der Waals surface area contributed by atoms with E-state index in [0.29, 0.717) is 17.0 Å². The van der Waals surface area contributed by atoms with Crippen LogP contribution in [0.2, 0.25) is 5.02 Å². The van der Waals surface area contributed by atoms with Gasteiger partial charge in [0.2, 0.25) is 5.91 Å². The number of hydrogen-bond acceptors (Lipinski definition) is 4. The van der Waals surface area contributed by atoms with Gasteiger partial charge in [0.25, 0.3) is 5.91 Å². The van der Waals surface area contributed by atoms with Crippen LogP contribution in [0.1, 0.15) is 35.5 Å². The summed E-state index contributed by atoms with van der Waals surface area (Å²) >= 11 is 7.66. The molecular formula is C27H22ClFN2O3S. The molecule has 0 fully saturated rings. The number of rotatable bonds is 5. The van der Waals surface area contributed by atoms with Crippen LogP contribution in [0.4, 0.5) is 10.1 Å². The van der Waals surface area contributed by atoms with Crippen molar-refractivity contribution < 1.29 is 18.4 Å². The minimum atomic E-state index is -0.754. The number of para-hydroxylation sites is 1. The molecule has 3 aromatic carbocycles. The minimum absolute atomic E-state index is 0.0363. The lowest BCUT2D eigenvalue weighted by Crippen LogP contribution is -2.46. The first-order chi connectivity index (χ1) is 16.7. The smallest absolute Gasteiger partial charge is 0.251 e. The van der Waals surface area contributed by atoms with Crippen molar-refractivity contribution in [2.75, 3.05) is 4.90 Å². The number of amides is 2. The summed E-state index contributed by atoms with van der Waals surface area (Å²) < 4.78 is 19.6. The number of nitrogens with one attached hydrogen (secondary N) is 1. The van der Waals surface area contributed by atoms with E-state index in [9.17, 15) is 14.0 Å². The Hall–Kier alpha value is -3.29.